The molecule has 2 aromatic rings. The van der Waals surface area contributed by atoms with E-state index in [0.717, 1.165) is 11.1 Å². The first-order chi connectivity index (χ1) is 8.28. The average molecular weight is 218 g/mol. The topological polar surface area (TPSA) is 0 Å². The number of terminal acetylenes is 1. The lowest BCUT2D eigenvalue weighted by Gasteiger charge is -1.96. The number of hydrogen-bond acceptors (Lipinski definition) is 0. The average Bonchev–Trinajstić information content (AvgIpc) is 2.39. The SMILES string of the molecule is C#Cc1ccc(/C=C/c2ccc(C)cc2)cc1. The molecule has 0 N–H and O–H groups in total. The van der Waals surface area contributed by atoms with Gasteiger partial charge in [-0.25, -0.2) is 0 Å². The number of hydrogen-bond donors (Lipinski definition) is 0. The van der Waals surface area contributed by atoms with Gasteiger partial charge >= 0.3 is 0 Å². The van der Waals surface area contributed by atoms with Crippen molar-refractivity contribution in [2.45, 2.75) is 6.92 Å². The predicted octanol–water partition coefficient (Wildman–Crippen LogP) is 4.15. The van der Waals surface area contributed by atoms with E-state index >= 15 is 0 Å². The molecule has 0 bridgehead atoms. The Morgan fingerprint density at radius 2 is 1.29 bits per heavy atom. The maximum atomic E-state index is 5.31. The van der Waals surface area contributed by atoms with E-state index in [9.17, 15) is 0 Å². The molecule has 0 atom stereocenters. The Labute approximate surface area is 103 Å². The van der Waals surface area contributed by atoms with Crippen LogP contribution in [-0.2, 0) is 0 Å². The molecule has 0 saturated heterocycles. The summed E-state index contributed by atoms with van der Waals surface area (Å²) >= 11 is 0. The zero-order valence-electron chi connectivity index (χ0n) is 9.85. The summed E-state index contributed by atoms with van der Waals surface area (Å²) in [4.78, 5) is 0. The minimum Gasteiger partial charge on any atom is -0.115 e. The second kappa shape index (κ2) is 5.18. The Morgan fingerprint density at radius 1 is 0.824 bits per heavy atom. The molecule has 0 aliphatic heterocycles. The van der Waals surface area contributed by atoms with Crippen LogP contribution in [0.15, 0.2) is 48.5 Å². The standard InChI is InChI=1S/C17H14/c1-3-15-8-10-17(11-9-15)13-12-16-6-4-14(2)5-7-16/h1,4-13H,2H3/b13-12+. The van der Waals surface area contributed by atoms with Gasteiger partial charge in [0.1, 0.15) is 0 Å². The van der Waals surface area contributed by atoms with Gasteiger partial charge in [0.2, 0.25) is 0 Å². The van der Waals surface area contributed by atoms with Crippen LogP contribution >= 0.6 is 0 Å². The molecule has 82 valence electrons. The first kappa shape index (κ1) is 11.2. The Kier molecular flexibility index (Phi) is 3.43. The van der Waals surface area contributed by atoms with E-state index in [1.165, 1.54) is 11.1 Å². The van der Waals surface area contributed by atoms with Crippen LogP contribution in [-0.4, -0.2) is 0 Å². The molecule has 0 spiro atoms. The minimum absolute atomic E-state index is 0.914. The molecule has 0 aliphatic rings. The normalized spacial score (nSPS) is 10.4. The summed E-state index contributed by atoms with van der Waals surface area (Å²) in [5, 5.41) is 0. The van der Waals surface area contributed by atoms with Gasteiger partial charge in [0, 0.05) is 5.56 Å². The molecule has 17 heavy (non-hydrogen) atoms. The van der Waals surface area contributed by atoms with E-state index in [1.54, 1.807) is 0 Å². The molecule has 0 unspecified atom stereocenters. The largest absolute Gasteiger partial charge is 0.115 e. The highest BCUT2D eigenvalue weighted by atomic mass is 13.9. The zero-order valence-corrected chi connectivity index (χ0v) is 9.85. The van der Waals surface area contributed by atoms with Crippen molar-refractivity contribution in [3.63, 3.8) is 0 Å². The fourth-order valence-corrected chi connectivity index (χ4v) is 1.56. The van der Waals surface area contributed by atoms with Crippen LogP contribution in [0.2, 0.25) is 0 Å². The predicted molar refractivity (Wildman–Crippen MR) is 74.5 cm³/mol. The van der Waals surface area contributed by atoms with Gasteiger partial charge in [-0.1, -0.05) is 60.0 Å². The van der Waals surface area contributed by atoms with E-state index in [2.05, 4.69) is 49.3 Å². The molecular weight excluding hydrogens is 204 g/mol. The maximum Gasteiger partial charge on any atom is 0.0243 e. The first-order valence-corrected chi connectivity index (χ1v) is 5.59. The summed E-state index contributed by atoms with van der Waals surface area (Å²) < 4.78 is 0. The second-order valence-corrected chi connectivity index (χ2v) is 4.01. The summed E-state index contributed by atoms with van der Waals surface area (Å²) in [5.41, 5.74) is 4.55. The van der Waals surface area contributed by atoms with Crippen LogP contribution in [0.3, 0.4) is 0 Å². The van der Waals surface area contributed by atoms with Crippen molar-refractivity contribution in [1.82, 2.24) is 0 Å². The Balaban J connectivity index is 2.14. The van der Waals surface area contributed by atoms with Gasteiger partial charge in [0.15, 0.2) is 0 Å². The minimum atomic E-state index is 0.914. The molecule has 0 amide bonds. The van der Waals surface area contributed by atoms with Crippen LogP contribution < -0.4 is 0 Å². The third-order valence-corrected chi connectivity index (χ3v) is 2.62. The molecule has 0 aliphatic carbocycles. The van der Waals surface area contributed by atoms with E-state index in [4.69, 9.17) is 6.42 Å². The molecule has 2 rings (SSSR count). The first-order valence-electron chi connectivity index (χ1n) is 5.59. The number of aryl methyl sites for hydroxylation is 1. The van der Waals surface area contributed by atoms with Crippen molar-refractivity contribution in [1.29, 1.82) is 0 Å². The second-order valence-electron chi connectivity index (χ2n) is 4.01. The van der Waals surface area contributed by atoms with Gasteiger partial charge in [-0.05, 0) is 30.2 Å². The van der Waals surface area contributed by atoms with Crippen LogP contribution in [0, 0.1) is 19.3 Å². The summed E-state index contributed by atoms with van der Waals surface area (Å²) in [6.45, 7) is 2.09. The molecule has 0 heterocycles. The zero-order chi connectivity index (χ0) is 12.1. The van der Waals surface area contributed by atoms with Crippen LogP contribution in [0.4, 0.5) is 0 Å². The van der Waals surface area contributed by atoms with Gasteiger partial charge < -0.3 is 0 Å². The van der Waals surface area contributed by atoms with Crippen molar-refractivity contribution in [3.05, 3.63) is 70.8 Å². The van der Waals surface area contributed by atoms with Crippen molar-refractivity contribution < 1.29 is 0 Å². The number of rotatable bonds is 2. The Bertz CT molecular complexity index is 548. The summed E-state index contributed by atoms with van der Waals surface area (Å²) in [6.07, 6.45) is 9.50. The van der Waals surface area contributed by atoms with E-state index in [0.29, 0.717) is 0 Å². The highest BCUT2D eigenvalue weighted by Crippen LogP contribution is 2.10. The van der Waals surface area contributed by atoms with Gasteiger partial charge in [-0.3, -0.25) is 0 Å². The fourth-order valence-electron chi connectivity index (χ4n) is 1.56. The van der Waals surface area contributed by atoms with Gasteiger partial charge in [0.05, 0.1) is 0 Å². The highest BCUT2D eigenvalue weighted by Gasteiger charge is 1.89. The fraction of sp³-hybridized carbons (Fsp3) is 0.0588. The van der Waals surface area contributed by atoms with Crippen molar-refractivity contribution in [2.24, 2.45) is 0 Å². The van der Waals surface area contributed by atoms with Crippen molar-refractivity contribution in [3.8, 4) is 12.3 Å². The molecule has 0 fully saturated rings. The molecule has 0 nitrogen and oxygen atoms in total. The van der Waals surface area contributed by atoms with Crippen LogP contribution in [0.1, 0.15) is 22.3 Å². The monoisotopic (exact) mass is 218 g/mol. The summed E-state index contributed by atoms with van der Waals surface area (Å²) in [6, 6.07) is 16.4. The molecule has 0 aromatic heterocycles. The van der Waals surface area contributed by atoms with Gasteiger partial charge in [-0.15, -0.1) is 6.42 Å². The van der Waals surface area contributed by atoms with Crippen LogP contribution in [0.25, 0.3) is 12.2 Å². The smallest absolute Gasteiger partial charge is 0.0243 e. The van der Waals surface area contributed by atoms with E-state index < -0.39 is 0 Å². The van der Waals surface area contributed by atoms with Crippen molar-refractivity contribution >= 4 is 12.2 Å². The molecule has 0 saturated carbocycles. The van der Waals surface area contributed by atoms with Crippen molar-refractivity contribution in [2.75, 3.05) is 0 Å². The lowest BCUT2D eigenvalue weighted by molar-refractivity contribution is 1.46. The molecule has 0 radical (unpaired) electrons. The van der Waals surface area contributed by atoms with E-state index in [1.807, 2.05) is 24.3 Å². The Hall–Kier alpha value is -2.26. The van der Waals surface area contributed by atoms with Crippen LogP contribution in [0.5, 0.6) is 0 Å². The third-order valence-electron chi connectivity index (χ3n) is 2.62. The lowest BCUT2D eigenvalue weighted by Crippen LogP contribution is -1.76. The summed E-state index contributed by atoms with van der Waals surface area (Å²) in [7, 11) is 0. The van der Waals surface area contributed by atoms with Gasteiger partial charge in [-0.2, -0.15) is 0 Å². The lowest BCUT2D eigenvalue weighted by atomic mass is 10.1. The quantitative estimate of drug-likeness (QED) is 0.525. The summed E-state index contributed by atoms with van der Waals surface area (Å²) in [5.74, 6) is 2.61. The van der Waals surface area contributed by atoms with Gasteiger partial charge in [0.25, 0.3) is 0 Å². The maximum absolute atomic E-state index is 5.31. The molecular formula is C17H14. The van der Waals surface area contributed by atoms with E-state index in [-0.39, 0.29) is 0 Å². The molecule has 2 aromatic carbocycles. The molecule has 0 heteroatoms. The third kappa shape index (κ3) is 3.09. The number of benzene rings is 2. The highest BCUT2D eigenvalue weighted by molar-refractivity contribution is 5.69. The Morgan fingerprint density at radius 3 is 1.76 bits per heavy atom.